The number of imide groups is 1. The number of halogens is 1. The molecule has 0 spiro atoms. The largest absolute Gasteiger partial charge is 0.443 e. The second kappa shape index (κ2) is 4.62. The molecule has 0 radical (unpaired) electrons. The number of ether oxygens (including phenoxy) is 1. The molecule has 0 bridgehead atoms. The van der Waals surface area contributed by atoms with Gasteiger partial charge in [-0.25, -0.2) is 14.7 Å². The molecule has 0 atom stereocenters. The third kappa shape index (κ3) is 2.72. The van der Waals surface area contributed by atoms with Gasteiger partial charge in [-0.05, 0) is 36.7 Å². The van der Waals surface area contributed by atoms with E-state index in [-0.39, 0.29) is 5.91 Å². The molecule has 1 aromatic heterocycles. The van der Waals surface area contributed by atoms with Gasteiger partial charge in [-0.2, -0.15) is 0 Å². The summed E-state index contributed by atoms with van der Waals surface area (Å²) in [6.07, 6.45) is -0.0229. The van der Waals surface area contributed by atoms with Crippen LogP contribution in [0.1, 0.15) is 36.1 Å². The van der Waals surface area contributed by atoms with Gasteiger partial charge in [0.15, 0.2) is 3.92 Å². The molecule has 0 fully saturated rings. The summed E-state index contributed by atoms with van der Waals surface area (Å²) >= 11 is 4.49. The van der Waals surface area contributed by atoms with Crippen molar-refractivity contribution in [1.82, 2.24) is 9.88 Å². The molecule has 1 aromatic rings. The van der Waals surface area contributed by atoms with Gasteiger partial charge in [0.1, 0.15) is 10.5 Å². The van der Waals surface area contributed by atoms with E-state index in [0.717, 1.165) is 10.6 Å². The van der Waals surface area contributed by atoms with Crippen molar-refractivity contribution in [3.63, 3.8) is 0 Å². The van der Waals surface area contributed by atoms with Crippen molar-refractivity contribution in [2.75, 3.05) is 6.54 Å². The number of hydrogen-bond donors (Lipinski definition) is 0. The second-order valence-electron chi connectivity index (χ2n) is 4.93. The lowest BCUT2D eigenvalue weighted by molar-refractivity contribution is 0.0235. The van der Waals surface area contributed by atoms with Crippen LogP contribution in [0.4, 0.5) is 4.79 Å². The van der Waals surface area contributed by atoms with Gasteiger partial charge in [-0.3, -0.25) is 4.79 Å². The summed E-state index contributed by atoms with van der Waals surface area (Å²) < 4.78 is 5.87. The molecular weight excluding hydrogens is 320 g/mol. The first-order valence-electron chi connectivity index (χ1n) is 5.48. The van der Waals surface area contributed by atoms with Gasteiger partial charge in [0.25, 0.3) is 5.91 Å². The van der Waals surface area contributed by atoms with Crippen LogP contribution in [-0.4, -0.2) is 34.0 Å². The molecule has 7 heteroatoms. The third-order valence-electron chi connectivity index (χ3n) is 2.30. The van der Waals surface area contributed by atoms with E-state index in [0.29, 0.717) is 21.8 Å². The highest BCUT2D eigenvalue weighted by Gasteiger charge is 2.34. The molecule has 1 aliphatic rings. The molecular formula is C11H13BrN2O3S. The number of nitrogens with zero attached hydrogens (tertiary/aromatic N) is 2. The second-order valence-corrected chi connectivity index (χ2v) is 7.20. The summed E-state index contributed by atoms with van der Waals surface area (Å²) in [5.41, 5.74) is 0.142. The summed E-state index contributed by atoms with van der Waals surface area (Å²) in [6, 6.07) is 0. The summed E-state index contributed by atoms with van der Waals surface area (Å²) in [5, 5.41) is 0. The number of aromatic nitrogens is 1. The molecule has 1 aliphatic heterocycles. The molecule has 2 rings (SSSR count). The molecule has 5 nitrogen and oxygen atoms in total. The summed E-state index contributed by atoms with van der Waals surface area (Å²) in [5.74, 6) is -0.325. The lowest BCUT2D eigenvalue weighted by Gasteiger charge is -2.27. The van der Waals surface area contributed by atoms with Crippen LogP contribution in [-0.2, 0) is 11.2 Å². The van der Waals surface area contributed by atoms with Crippen LogP contribution in [0.3, 0.4) is 0 Å². The minimum atomic E-state index is -0.605. The lowest BCUT2D eigenvalue weighted by atomic mass is 10.1. The van der Waals surface area contributed by atoms with Crippen LogP contribution >= 0.6 is 27.3 Å². The SMILES string of the molecule is CC(C)(C)OC(=O)N1CCc2nc(Br)sc2C1=O. The van der Waals surface area contributed by atoms with Crippen LogP contribution in [0.15, 0.2) is 3.92 Å². The zero-order valence-electron chi connectivity index (χ0n) is 10.3. The molecule has 98 valence electrons. The number of hydrogen-bond acceptors (Lipinski definition) is 5. The van der Waals surface area contributed by atoms with Crippen molar-refractivity contribution in [2.45, 2.75) is 32.8 Å². The molecule has 0 unspecified atom stereocenters. The standard InChI is InChI=1S/C11H13BrN2O3S/c1-11(2,3)17-10(16)14-5-4-6-7(8(14)15)18-9(12)13-6/h4-5H2,1-3H3. The van der Waals surface area contributed by atoms with Crippen molar-refractivity contribution in [3.05, 3.63) is 14.5 Å². The monoisotopic (exact) mass is 332 g/mol. The van der Waals surface area contributed by atoms with Gasteiger partial charge < -0.3 is 4.74 Å². The van der Waals surface area contributed by atoms with Crippen LogP contribution in [0.2, 0.25) is 0 Å². The molecule has 0 saturated carbocycles. The van der Waals surface area contributed by atoms with Gasteiger partial charge >= 0.3 is 6.09 Å². The van der Waals surface area contributed by atoms with Crippen molar-refractivity contribution in [3.8, 4) is 0 Å². The Bertz CT molecular complexity index is 507. The van der Waals surface area contributed by atoms with Crippen LogP contribution < -0.4 is 0 Å². The number of amides is 2. The van der Waals surface area contributed by atoms with Crippen molar-refractivity contribution < 1.29 is 14.3 Å². The maximum absolute atomic E-state index is 12.1. The number of rotatable bonds is 0. The predicted octanol–water partition coefficient (Wildman–Crippen LogP) is 2.84. The van der Waals surface area contributed by atoms with E-state index in [1.54, 1.807) is 20.8 Å². The Morgan fingerprint density at radius 3 is 2.78 bits per heavy atom. The van der Waals surface area contributed by atoms with Gasteiger partial charge in [-0.1, -0.05) is 0 Å². The molecule has 2 amide bonds. The Morgan fingerprint density at radius 2 is 2.17 bits per heavy atom. The molecule has 0 aliphatic carbocycles. The number of thiazole rings is 1. The summed E-state index contributed by atoms with van der Waals surface area (Å²) in [7, 11) is 0. The van der Waals surface area contributed by atoms with E-state index in [1.807, 2.05) is 0 Å². The molecule has 0 N–H and O–H groups in total. The first kappa shape index (κ1) is 13.5. The van der Waals surface area contributed by atoms with E-state index < -0.39 is 11.7 Å². The van der Waals surface area contributed by atoms with Gasteiger partial charge in [-0.15, -0.1) is 11.3 Å². The number of fused-ring (bicyclic) bond motifs is 1. The molecule has 2 heterocycles. The average Bonchev–Trinajstić information content (AvgIpc) is 2.57. The zero-order chi connectivity index (χ0) is 13.5. The normalized spacial score (nSPS) is 15.6. The maximum Gasteiger partial charge on any atom is 0.417 e. The van der Waals surface area contributed by atoms with E-state index in [1.165, 1.54) is 11.3 Å². The average molecular weight is 333 g/mol. The van der Waals surface area contributed by atoms with Gasteiger partial charge in [0, 0.05) is 13.0 Å². The van der Waals surface area contributed by atoms with Gasteiger partial charge in [0.05, 0.1) is 5.69 Å². The zero-order valence-corrected chi connectivity index (χ0v) is 12.7. The van der Waals surface area contributed by atoms with Crippen LogP contribution in [0.5, 0.6) is 0 Å². The lowest BCUT2D eigenvalue weighted by Crippen LogP contribution is -2.44. The minimum Gasteiger partial charge on any atom is -0.443 e. The fraction of sp³-hybridized carbons (Fsp3) is 0.545. The van der Waals surface area contributed by atoms with E-state index in [2.05, 4.69) is 20.9 Å². The fourth-order valence-electron chi connectivity index (χ4n) is 1.59. The highest BCUT2D eigenvalue weighted by atomic mass is 79.9. The van der Waals surface area contributed by atoms with Crippen LogP contribution in [0, 0.1) is 0 Å². The summed E-state index contributed by atoms with van der Waals surface area (Å²) in [6.45, 7) is 5.63. The Balaban J connectivity index is 2.19. The summed E-state index contributed by atoms with van der Waals surface area (Å²) in [4.78, 5) is 29.9. The van der Waals surface area contributed by atoms with Crippen molar-refractivity contribution >= 4 is 39.3 Å². The number of carbonyl (C=O) groups excluding carboxylic acids is 2. The molecule has 0 saturated heterocycles. The molecule has 0 aromatic carbocycles. The third-order valence-corrected chi connectivity index (χ3v) is 3.83. The predicted molar refractivity (Wildman–Crippen MR) is 70.8 cm³/mol. The first-order chi connectivity index (χ1) is 8.28. The van der Waals surface area contributed by atoms with Crippen LogP contribution in [0.25, 0.3) is 0 Å². The molecule has 18 heavy (non-hydrogen) atoms. The Kier molecular flexibility index (Phi) is 3.46. The Hall–Kier alpha value is -0.950. The first-order valence-corrected chi connectivity index (χ1v) is 7.09. The highest BCUT2D eigenvalue weighted by molar-refractivity contribution is 9.11. The Morgan fingerprint density at radius 1 is 1.50 bits per heavy atom. The van der Waals surface area contributed by atoms with Gasteiger partial charge in [0.2, 0.25) is 0 Å². The fourth-order valence-corrected chi connectivity index (χ4v) is 3.08. The number of carbonyl (C=O) groups is 2. The van der Waals surface area contributed by atoms with Crippen molar-refractivity contribution in [1.29, 1.82) is 0 Å². The smallest absolute Gasteiger partial charge is 0.417 e. The van der Waals surface area contributed by atoms with Crippen molar-refractivity contribution in [2.24, 2.45) is 0 Å². The van der Waals surface area contributed by atoms with E-state index >= 15 is 0 Å². The van der Waals surface area contributed by atoms with E-state index in [9.17, 15) is 9.59 Å². The topological polar surface area (TPSA) is 59.5 Å². The quantitative estimate of drug-likeness (QED) is 0.732. The highest BCUT2D eigenvalue weighted by Crippen LogP contribution is 2.28. The minimum absolute atomic E-state index is 0.316. The Labute approximate surface area is 117 Å². The van der Waals surface area contributed by atoms with E-state index in [4.69, 9.17) is 4.74 Å². The maximum atomic E-state index is 12.1.